The van der Waals surface area contributed by atoms with E-state index in [0.29, 0.717) is 22.6 Å². The van der Waals surface area contributed by atoms with Gasteiger partial charge in [0.05, 0.1) is 12.5 Å². The molecule has 1 heterocycles. The minimum absolute atomic E-state index is 0.0976. The van der Waals surface area contributed by atoms with Crippen LogP contribution < -0.4 is 15.1 Å². The summed E-state index contributed by atoms with van der Waals surface area (Å²) < 4.78 is 16.6. The molecular weight excluding hydrogens is 344 g/mol. The molecule has 0 atom stereocenters. The van der Waals surface area contributed by atoms with E-state index in [1.165, 1.54) is 0 Å². The zero-order valence-corrected chi connectivity index (χ0v) is 15.3. The molecule has 0 bridgehead atoms. The minimum Gasteiger partial charge on any atom is -0.497 e. The van der Waals surface area contributed by atoms with E-state index in [2.05, 4.69) is 0 Å². The summed E-state index contributed by atoms with van der Waals surface area (Å²) in [6.07, 6.45) is 2.47. The number of aryl methyl sites for hydroxylation is 2. The van der Waals surface area contributed by atoms with Crippen molar-refractivity contribution in [3.8, 4) is 11.5 Å². The average Bonchev–Trinajstić information content (AvgIpc) is 3.16. The van der Waals surface area contributed by atoms with Crippen LogP contribution in [0.25, 0.3) is 11.0 Å². The Morgan fingerprint density at radius 1 is 1.15 bits per heavy atom. The number of carbonyl (C=O) groups excluding carboxylic acids is 1. The monoisotopic (exact) mass is 364 g/mol. The fourth-order valence-corrected chi connectivity index (χ4v) is 3.64. The van der Waals surface area contributed by atoms with Crippen LogP contribution in [0.2, 0.25) is 0 Å². The van der Waals surface area contributed by atoms with Crippen LogP contribution in [0.4, 0.5) is 0 Å². The van der Waals surface area contributed by atoms with Crippen LogP contribution in [0.5, 0.6) is 11.5 Å². The van der Waals surface area contributed by atoms with E-state index in [-0.39, 0.29) is 18.0 Å². The lowest BCUT2D eigenvalue weighted by Crippen LogP contribution is -2.13. The lowest BCUT2D eigenvalue weighted by atomic mass is 10.0. The largest absolute Gasteiger partial charge is 0.497 e. The second kappa shape index (κ2) is 6.91. The second-order valence-electron chi connectivity index (χ2n) is 6.78. The number of rotatable bonds is 5. The Bertz CT molecular complexity index is 1090. The molecule has 0 saturated carbocycles. The molecule has 5 nitrogen and oxygen atoms in total. The lowest BCUT2D eigenvalue weighted by Gasteiger charge is -2.13. The van der Waals surface area contributed by atoms with E-state index < -0.39 is 0 Å². The van der Waals surface area contributed by atoms with Gasteiger partial charge in [-0.15, -0.1) is 0 Å². The predicted octanol–water partition coefficient (Wildman–Crippen LogP) is 3.86. The fraction of sp³-hybridized carbons (Fsp3) is 0.273. The third kappa shape index (κ3) is 3.21. The molecule has 0 N–H and O–H groups in total. The fourth-order valence-electron chi connectivity index (χ4n) is 3.64. The first kappa shape index (κ1) is 17.3. The zero-order valence-electron chi connectivity index (χ0n) is 15.3. The van der Waals surface area contributed by atoms with Gasteiger partial charge in [-0.1, -0.05) is 12.1 Å². The highest BCUT2D eigenvalue weighted by atomic mass is 16.5. The number of hydrogen-bond donors (Lipinski definition) is 0. The smallest absolute Gasteiger partial charge is 0.339 e. The highest BCUT2D eigenvalue weighted by Gasteiger charge is 2.22. The van der Waals surface area contributed by atoms with E-state index in [1.807, 2.05) is 19.1 Å². The van der Waals surface area contributed by atoms with Gasteiger partial charge in [0.15, 0.2) is 12.4 Å². The van der Waals surface area contributed by atoms with E-state index in [0.717, 1.165) is 41.3 Å². The average molecular weight is 364 g/mol. The van der Waals surface area contributed by atoms with Gasteiger partial charge >= 0.3 is 5.63 Å². The number of benzene rings is 2. The molecule has 0 radical (unpaired) electrons. The number of hydrogen-bond acceptors (Lipinski definition) is 5. The molecule has 0 fully saturated rings. The van der Waals surface area contributed by atoms with Gasteiger partial charge in [-0.05, 0) is 61.6 Å². The molecule has 1 aliphatic carbocycles. The number of ether oxygens (including phenoxy) is 2. The van der Waals surface area contributed by atoms with Crippen molar-refractivity contribution in [3.63, 3.8) is 0 Å². The van der Waals surface area contributed by atoms with Gasteiger partial charge in [-0.3, -0.25) is 4.79 Å². The number of carbonyl (C=O) groups is 1. The number of fused-ring (bicyclic) bond motifs is 3. The zero-order chi connectivity index (χ0) is 19.0. The topological polar surface area (TPSA) is 65.7 Å². The summed E-state index contributed by atoms with van der Waals surface area (Å²) in [5, 5.41) is 0.811. The van der Waals surface area contributed by atoms with Crippen LogP contribution in [-0.2, 0) is 12.8 Å². The standard InChI is InChI=1S/C22H20O5/c1-13-9-19(26-12-18(23)14-5-3-6-15(11-14)25-2)21-16-7-4-8-17(16)22(24)27-20(21)10-13/h3,5-6,9-11H,4,7-8,12H2,1-2H3. The van der Waals surface area contributed by atoms with Crippen LogP contribution in [0.15, 0.2) is 45.6 Å². The first-order chi connectivity index (χ1) is 13.1. The normalized spacial score (nSPS) is 12.8. The molecule has 5 heteroatoms. The van der Waals surface area contributed by atoms with Gasteiger partial charge in [0.1, 0.15) is 17.1 Å². The Hall–Kier alpha value is -3.08. The van der Waals surface area contributed by atoms with Crippen LogP contribution in [-0.4, -0.2) is 19.5 Å². The van der Waals surface area contributed by atoms with Crippen molar-refractivity contribution < 1.29 is 18.7 Å². The van der Waals surface area contributed by atoms with E-state index in [9.17, 15) is 9.59 Å². The second-order valence-corrected chi connectivity index (χ2v) is 6.78. The predicted molar refractivity (Wildman–Crippen MR) is 102 cm³/mol. The Morgan fingerprint density at radius 3 is 2.78 bits per heavy atom. The summed E-state index contributed by atoms with van der Waals surface area (Å²) in [5.74, 6) is 1.07. The quantitative estimate of drug-likeness (QED) is 0.508. The molecule has 0 unspecified atom stereocenters. The van der Waals surface area contributed by atoms with Crippen LogP contribution in [0, 0.1) is 6.92 Å². The summed E-state index contributed by atoms with van der Waals surface area (Å²) in [6, 6.07) is 10.7. The van der Waals surface area contributed by atoms with Crippen LogP contribution in [0.1, 0.15) is 33.5 Å². The molecule has 0 saturated heterocycles. The Labute approximate surface area is 156 Å². The summed E-state index contributed by atoms with van der Waals surface area (Å²) in [5.41, 5.74) is 3.42. The highest BCUT2D eigenvalue weighted by Crippen LogP contribution is 2.35. The van der Waals surface area contributed by atoms with Crippen molar-refractivity contribution in [1.29, 1.82) is 0 Å². The lowest BCUT2D eigenvalue weighted by molar-refractivity contribution is 0.0922. The van der Waals surface area contributed by atoms with Crippen molar-refractivity contribution in [2.45, 2.75) is 26.2 Å². The van der Waals surface area contributed by atoms with Crippen molar-refractivity contribution in [1.82, 2.24) is 0 Å². The van der Waals surface area contributed by atoms with E-state index in [1.54, 1.807) is 31.4 Å². The van der Waals surface area contributed by atoms with E-state index in [4.69, 9.17) is 13.9 Å². The molecule has 1 aromatic heterocycles. The summed E-state index contributed by atoms with van der Waals surface area (Å²) in [6.45, 7) is 1.81. The number of methoxy groups -OCH3 is 1. The minimum atomic E-state index is -0.265. The molecule has 4 rings (SSSR count). The summed E-state index contributed by atoms with van der Waals surface area (Å²) in [7, 11) is 1.56. The van der Waals surface area contributed by atoms with Gasteiger partial charge in [-0.2, -0.15) is 0 Å². The summed E-state index contributed by atoms with van der Waals surface area (Å²) >= 11 is 0. The molecule has 2 aromatic carbocycles. The first-order valence-corrected chi connectivity index (χ1v) is 8.96. The Kier molecular flexibility index (Phi) is 4.44. The van der Waals surface area contributed by atoms with Gasteiger partial charge in [0.25, 0.3) is 0 Å². The van der Waals surface area contributed by atoms with Crippen molar-refractivity contribution in [2.24, 2.45) is 0 Å². The third-order valence-electron chi connectivity index (χ3n) is 4.93. The van der Waals surface area contributed by atoms with Crippen molar-refractivity contribution in [3.05, 3.63) is 69.1 Å². The molecule has 138 valence electrons. The molecule has 0 amide bonds. The maximum atomic E-state index is 12.5. The van der Waals surface area contributed by atoms with Crippen LogP contribution in [0.3, 0.4) is 0 Å². The van der Waals surface area contributed by atoms with Crippen LogP contribution >= 0.6 is 0 Å². The molecule has 3 aromatic rings. The Morgan fingerprint density at radius 2 is 1.96 bits per heavy atom. The third-order valence-corrected chi connectivity index (χ3v) is 4.93. The van der Waals surface area contributed by atoms with Gasteiger partial charge in [0, 0.05) is 11.1 Å². The number of ketones is 1. The van der Waals surface area contributed by atoms with Gasteiger partial charge in [0.2, 0.25) is 0 Å². The maximum absolute atomic E-state index is 12.5. The van der Waals surface area contributed by atoms with Gasteiger partial charge < -0.3 is 13.9 Å². The highest BCUT2D eigenvalue weighted by molar-refractivity contribution is 5.98. The molecule has 27 heavy (non-hydrogen) atoms. The number of Topliss-reactive ketones (excluding diaryl/α,β-unsaturated/α-hetero) is 1. The maximum Gasteiger partial charge on any atom is 0.339 e. The molecule has 0 spiro atoms. The SMILES string of the molecule is COc1cccc(C(=O)COc2cc(C)cc3oc(=O)c4c(c23)CCC4)c1. The molecular formula is C22H20O5. The van der Waals surface area contributed by atoms with Gasteiger partial charge in [-0.25, -0.2) is 4.79 Å². The molecule has 0 aliphatic heterocycles. The van der Waals surface area contributed by atoms with Crippen molar-refractivity contribution in [2.75, 3.05) is 13.7 Å². The molecule has 1 aliphatic rings. The summed E-state index contributed by atoms with van der Waals surface area (Å²) in [4.78, 5) is 24.7. The van der Waals surface area contributed by atoms with Crippen molar-refractivity contribution >= 4 is 16.8 Å². The van der Waals surface area contributed by atoms with E-state index >= 15 is 0 Å². The first-order valence-electron chi connectivity index (χ1n) is 8.96. The Balaban J connectivity index is 1.69.